The lowest BCUT2D eigenvalue weighted by Gasteiger charge is -2.13. The number of hydrogen-bond acceptors (Lipinski definition) is 9. The molecule has 9 heterocycles. The molecule has 12 heteroatoms. The number of hydrogen-bond donors (Lipinski definition) is 0. The molecule has 0 spiro atoms. The molecule has 25 aromatic rings. The van der Waals surface area contributed by atoms with Crippen molar-refractivity contribution in [1.29, 1.82) is 0 Å². The molecule has 9 aromatic heterocycles. The number of rotatable bonds is 13. The minimum atomic E-state index is 0.563. The van der Waals surface area contributed by atoms with Gasteiger partial charge in [0, 0.05) is 77.5 Å². The Kier molecular flexibility index (Phi) is 18.6. The van der Waals surface area contributed by atoms with Crippen molar-refractivity contribution in [2.75, 3.05) is 0 Å². The molecule has 0 saturated heterocycles. The largest absolute Gasteiger partial charge is 0.464 e. The number of benzene rings is 16. The van der Waals surface area contributed by atoms with Crippen LogP contribution >= 0.6 is 0 Å². The molecule has 0 aliphatic carbocycles. The molecule has 0 fully saturated rings. The molecular formula is C114H73N9O3. The lowest BCUT2D eigenvalue weighted by Crippen LogP contribution is -2.06. The Bertz CT molecular complexity index is 8040. The van der Waals surface area contributed by atoms with Gasteiger partial charge in [-0.25, -0.2) is 19.9 Å². The van der Waals surface area contributed by atoms with Crippen molar-refractivity contribution in [2.45, 2.75) is 0 Å². The molecule has 592 valence electrons. The zero-order valence-corrected chi connectivity index (χ0v) is 67.9. The highest BCUT2D eigenvalue weighted by atomic mass is 16.3. The van der Waals surface area contributed by atoms with Gasteiger partial charge in [-0.1, -0.05) is 322 Å². The van der Waals surface area contributed by atoms with Crippen LogP contribution in [-0.2, 0) is 0 Å². The molecule has 12 nitrogen and oxygen atoms in total. The van der Waals surface area contributed by atoms with Crippen molar-refractivity contribution in [1.82, 2.24) is 43.6 Å². The molecule has 0 aliphatic heterocycles. The third-order valence-electron chi connectivity index (χ3n) is 23.8. The number of nitrogens with zero attached hydrogens (tertiary/aromatic N) is 9. The Balaban J connectivity index is 0.000000109. The summed E-state index contributed by atoms with van der Waals surface area (Å²) in [7, 11) is 0. The topological polar surface area (TPSA) is 132 Å². The van der Waals surface area contributed by atoms with E-state index >= 15 is 0 Å². The standard InChI is InChI=1S/C43H28N2O.C36H23N3O.C35H22N4O/c1-3-10-29(11-4-1)30-18-20-31(21-19-30)35-27-38(32-12-5-2-6-13-32)44-39(28-35)34-14-9-15-36(26-34)45-40-17-8-7-16-37(40)42-41(45)23-22-33-24-25-46-43(33)42;1-3-9-24(10-4-1)25-15-17-26(18-16-25)30-23-33(38-36(37-30)28-11-5-2-6-12-28)39-31-14-8-7-13-29(31)34-32(39)20-19-27-21-22-40-35(27)34;1-3-9-23(10-4-1)24-15-17-27(18-16-24)34-36-33(26-11-5-2-6-12-26)37-35(38-34)39-29-14-8-7-13-28(29)31-30(39)20-19-25-21-22-40-32(25)31/h1-28H;1-23H;1-22H. The van der Waals surface area contributed by atoms with Crippen LogP contribution in [0.3, 0.4) is 0 Å². The fraction of sp³-hybridized carbons (Fsp3) is 0. The monoisotopic (exact) mass is 1620 g/mol. The number of aromatic nitrogens is 9. The van der Waals surface area contributed by atoms with E-state index in [1.165, 1.54) is 33.2 Å². The molecule has 16 aromatic carbocycles. The van der Waals surface area contributed by atoms with Gasteiger partial charge in [-0.05, 0) is 142 Å². The van der Waals surface area contributed by atoms with Gasteiger partial charge < -0.3 is 17.8 Å². The van der Waals surface area contributed by atoms with E-state index in [9.17, 15) is 0 Å². The summed E-state index contributed by atoms with van der Waals surface area (Å²) in [6.07, 6.45) is 5.27. The smallest absolute Gasteiger partial charge is 0.238 e. The molecule has 126 heavy (non-hydrogen) atoms. The molecular weight excluding hydrogens is 1540 g/mol. The van der Waals surface area contributed by atoms with Gasteiger partial charge >= 0.3 is 0 Å². The SMILES string of the molecule is c1ccc(-c2ccc(-c3cc(-c4ccccc4)nc(-c4cccc(-n5c6ccccc6c6c7occc7ccc65)c4)c3)cc2)cc1.c1ccc(-c2ccc(-c3cc(-n4c5ccccc5c5c6occc6ccc54)nc(-c4ccccc4)n3)cc2)cc1.c1ccc(-c2ccc(-c3nc(-c4ccccc4)nc(-n4c5ccccc5c5c6occc6ccc54)n3)cc2)cc1. The zero-order chi connectivity index (χ0) is 83.4. The average molecular weight is 1620 g/mol. The molecule has 0 radical (unpaired) electrons. The van der Waals surface area contributed by atoms with E-state index in [0.29, 0.717) is 23.4 Å². The number of para-hydroxylation sites is 3. The summed E-state index contributed by atoms with van der Waals surface area (Å²) < 4.78 is 24.6. The van der Waals surface area contributed by atoms with Crippen LogP contribution in [0.25, 0.3) is 228 Å². The summed E-state index contributed by atoms with van der Waals surface area (Å²) in [4.78, 5) is 30.4. The minimum Gasteiger partial charge on any atom is -0.464 e. The van der Waals surface area contributed by atoms with E-state index in [-0.39, 0.29) is 0 Å². The first-order chi connectivity index (χ1) is 62.5. The van der Waals surface area contributed by atoms with Crippen LogP contribution in [0.5, 0.6) is 0 Å². The number of fused-ring (bicyclic) bond motifs is 15. The van der Waals surface area contributed by atoms with E-state index in [1.807, 2.05) is 91.0 Å². The van der Waals surface area contributed by atoms with Gasteiger partial charge in [0.1, 0.15) is 22.6 Å². The Morgan fingerprint density at radius 3 is 0.960 bits per heavy atom. The second-order valence-corrected chi connectivity index (χ2v) is 31.3. The summed E-state index contributed by atoms with van der Waals surface area (Å²) >= 11 is 0. The quantitative estimate of drug-likeness (QED) is 0.111. The van der Waals surface area contributed by atoms with Gasteiger partial charge in [-0.3, -0.25) is 9.13 Å². The maximum atomic E-state index is 6.00. The molecule has 0 unspecified atom stereocenters. The second kappa shape index (κ2) is 31.7. The molecule has 0 N–H and O–H groups in total. The fourth-order valence-electron chi connectivity index (χ4n) is 17.7. The van der Waals surface area contributed by atoms with Crippen LogP contribution in [0.1, 0.15) is 0 Å². The summed E-state index contributed by atoms with van der Waals surface area (Å²) in [6, 6.07) is 147. The van der Waals surface area contributed by atoms with Crippen LogP contribution in [0, 0.1) is 0 Å². The van der Waals surface area contributed by atoms with Crippen LogP contribution in [0.2, 0.25) is 0 Å². The Hall–Kier alpha value is -17.2. The highest BCUT2D eigenvalue weighted by Crippen LogP contribution is 2.44. The van der Waals surface area contributed by atoms with Gasteiger partial charge in [-0.15, -0.1) is 0 Å². The predicted molar refractivity (Wildman–Crippen MR) is 513 cm³/mol. The summed E-state index contributed by atoms with van der Waals surface area (Å²) in [5.41, 5.74) is 28.3. The Morgan fingerprint density at radius 2 is 0.500 bits per heavy atom. The molecule has 0 saturated carbocycles. The first-order valence-electron chi connectivity index (χ1n) is 42.1. The van der Waals surface area contributed by atoms with Crippen LogP contribution in [0.15, 0.2) is 457 Å². The zero-order valence-electron chi connectivity index (χ0n) is 67.9. The maximum absolute atomic E-state index is 6.00. The van der Waals surface area contributed by atoms with E-state index in [0.717, 1.165) is 172 Å². The van der Waals surface area contributed by atoms with Crippen molar-refractivity contribution >= 4 is 98.3 Å². The molecule has 0 amide bonds. The Labute approximate surface area is 723 Å². The first kappa shape index (κ1) is 73.9. The lowest BCUT2D eigenvalue weighted by molar-refractivity contribution is 0.619. The molecule has 0 bridgehead atoms. The molecule has 0 aliphatic rings. The third-order valence-corrected chi connectivity index (χ3v) is 23.8. The van der Waals surface area contributed by atoms with Gasteiger partial charge in [0.05, 0.1) is 85.1 Å². The highest BCUT2D eigenvalue weighted by Gasteiger charge is 2.24. The van der Waals surface area contributed by atoms with Crippen molar-refractivity contribution in [3.05, 3.63) is 443 Å². The van der Waals surface area contributed by atoms with E-state index in [2.05, 4.69) is 347 Å². The minimum absolute atomic E-state index is 0.563. The van der Waals surface area contributed by atoms with Crippen molar-refractivity contribution in [2.24, 2.45) is 0 Å². The number of pyridine rings is 1. The Morgan fingerprint density at radius 1 is 0.183 bits per heavy atom. The summed E-state index contributed by atoms with van der Waals surface area (Å²) in [5, 5.41) is 9.93. The maximum Gasteiger partial charge on any atom is 0.238 e. The molecule has 25 rings (SSSR count). The van der Waals surface area contributed by atoms with E-state index < -0.39 is 0 Å². The first-order valence-corrected chi connectivity index (χ1v) is 42.1. The number of furan rings is 3. The third kappa shape index (κ3) is 13.6. The average Bonchev–Trinajstić information content (AvgIpc) is 1.58. The summed E-state index contributed by atoms with van der Waals surface area (Å²) in [6.45, 7) is 0. The van der Waals surface area contributed by atoms with E-state index in [1.54, 1.807) is 18.8 Å². The van der Waals surface area contributed by atoms with Gasteiger partial charge in [0.2, 0.25) is 5.95 Å². The molecule has 0 atom stereocenters. The van der Waals surface area contributed by atoms with Gasteiger partial charge in [-0.2, -0.15) is 9.97 Å². The van der Waals surface area contributed by atoms with Crippen molar-refractivity contribution in [3.8, 4) is 130 Å². The second-order valence-electron chi connectivity index (χ2n) is 31.3. The van der Waals surface area contributed by atoms with Crippen LogP contribution in [-0.4, -0.2) is 43.6 Å². The summed E-state index contributed by atoms with van der Waals surface area (Å²) in [5.74, 6) is 3.30. The van der Waals surface area contributed by atoms with Crippen molar-refractivity contribution in [3.63, 3.8) is 0 Å². The lowest BCUT2D eigenvalue weighted by atomic mass is 9.97. The van der Waals surface area contributed by atoms with Crippen LogP contribution in [0.4, 0.5) is 0 Å². The van der Waals surface area contributed by atoms with E-state index in [4.69, 9.17) is 43.2 Å². The van der Waals surface area contributed by atoms with Gasteiger partial charge in [0.25, 0.3) is 0 Å². The fourth-order valence-corrected chi connectivity index (χ4v) is 17.7. The predicted octanol–water partition coefficient (Wildman–Crippen LogP) is 29.6. The van der Waals surface area contributed by atoms with Crippen LogP contribution < -0.4 is 0 Å². The van der Waals surface area contributed by atoms with Gasteiger partial charge in [0.15, 0.2) is 17.5 Å². The normalized spacial score (nSPS) is 11.5. The van der Waals surface area contributed by atoms with Crippen molar-refractivity contribution < 1.29 is 13.3 Å². The highest BCUT2D eigenvalue weighted by molar-refractivity contribution is 6.22.